The smallest absolute Gasteiger partial charge is 0.349 e. The molecule has 1 saturated heterocycles. The number of aliphatic hydroxyl groups excluding tert-OH is 1. The van der Waals surface area contributed by atoms with Gasteiger partial charge in [-0.3, -0.25) is 9.69 Å². The van der Waals surface area contributed by atoms with Crippen molar-refractivity contribution in [3.05, 3.63) is 38.7 Å². The SMILES string of the molecule is COc1cc(Br)cc2cc(C(=O)N3CCN(CCO)CC3)c(=O)oc12. The number of hydrogen-bond donors (Lipinski definition) is 1. The summed E-state index contributed by atoms with van der Waals surface area (Å²) < 4.78 is 11.3. The molecule has 1 aromatic heterocycles. The number of aliphatic hydroxyl groups is 1. The van der Waals surface area contributed by atoms with Crippen LogP contribution >= 0.6 is 15.9 Å². The Kier molecular flexibility index (Phi) is 5.41. The molecule has 0 atom stereocenters. The lowest BCUT2D eigenvalue weighted by molar-refractivity contribution is 0.0611. The Hall–Kier alpha value is -1.90. The fourth-order valence-electron chi connectivity index (χ4n) is 2.95. The standard InChI is InChI=1S/C17H19BrN2O5/c1-24-14-10-12(18)8-11-9-13(17(23)25-15(11)14)16(22)20-4-2-19(3-5-20)6-7-21/h8-10,21H,2-7H2,1H3. The van der Waals surface area contributed by atoms with Gasteiger partial charge in [0.2, 0.25) is 0 Å². The summed E-state index contributed by atoms with van der Waals surface area (Å²) in [5.41, 5.74) is -0.334. The molecule has 0 saturated carbocycles. The molecule has 0 unspecified atom stereocenters. The van der Waals surface area contributed by atoms with Crippen molar-refractivity contribution in [2.45, 2.75) is 0 Å². The van der Waals surface area contributed by atoms with Crippen LogP contribution in [0.15, 0.2) is 31.9 Å². The molecule has 2 aromatic rings. The Balaban J connectivity index is 1.90. The van der Waals surface area contributed by atoms with Crippen LogP contribution in [0.4, 0.5) is 0 Å². The van der Waals surface area contributed by atoms with Crippen molar-refractivity contribution in [2.75, 3.05) is 46.4 Å². The molecule has 3 rings (SSSR count). The maximum Gasteiger partial charge on any atom is 0.349 e. The normalized spacial score (nSPS) is 15.6. The fourth-order valence-corrected chi connectivity index (χ4v) is 3.41. The first-order valence-corrected chi connectivity index (χ1v) is 8.76. The number of fused-ring (bicyclic) bond motifs is 1. The van der Waals surface area contributed by atoms with Gasteiger partial charge in [0, 0.05) is 42.6 Å². The lowest BCUT2D eigenvalue weighted by Crippen LogP contribution is -2.50. The quantitative estimate of drug-likeness (QED) is 0.765. The first-order valence-electron chi connectivity index (χ1n) is 7.97. The molecule has 1 fully saturated rings. The Bertz CT molecular complexity index is 843. The number of piperazine rings is 1. The summed E-state index contributed by atoms with van der Waals surface area (Å²) in [6, 6.07) is 5.03. The number of carbonyl (C=O) groups excluding carboxylic acids is 1. The summed E-state index contributed by atoms with van der Waals surface area (Å²) in [4.78, 5) is 28.8. The van der Waals surface area contributed by atoms with Crippen LogP contribution in [0.2, 0.25) is 0 Å². The van der Waals surface area contributed by atoms with Crippen LogP contribution < -0.4 is 10.4 Å². The van der Waals surface area contributed by atoms with Gasteiger partial charge in [-0.05, 0) is 18.2 Å². The van der Waals surface area contributed by atoms with Crippen LogP contribution in [0.5, 0.6) is 5.75 Å². The number of benzene rings is 1. The topological polar surface area (TPSA) is 83.2 Å². The van der Waals surface area contributed by atoms with Crippen molar-refractivity contribution >= 4 is 32.8 Å². The molecule has 1 aliphatic rings. The number of halogens is 1. The number of rotatable bonds is 4. The van der Waals surface area contributed by atoms with Crippen LogP contribution in [-0.4, -0.2) is 67.3 Å². The fraction of sp³-hybridized carbons (Fsp3) is 0.412. The highest BCUT2D eigenvalue weighted by atomic mass is 79.9. The number of methoxy groups -OCH3 is 1. The molecular formula is C17H19BrN2O5. The number of nitrogens with zero attached hydrogens (tertiary/aromatic N) is 2. The Morgan fingerprint density at radius 3 is 2.64 bits per heavy atom. The molecule has 7 nitrogen and oxygen atoms in total. The number of amides is 1. The van der Waals surface area contributed by atoms with Gasteiger partial charge in [-0.15, -0.1) is 0 Å². The van der Waals surface area contributed by atoms with E-state index in [1.807, 2.05) is 0 Å². The van der Waals surface area contributed by atoms with E-state index in [1.165, 1.54) is 7.11 Å². The molecule has 2 heterocycles. The summed E-state index contributed by atoms with van der Waals surface area (Å²) in [7, 11) is 1.49. The van der Waals surface area contributed by atoms with E-state index in [-0.39, 0.29) is 18.1 Å². The monoisotopic (exact) mass is 410 g/mol. The van der Waals surface area contributed by atoms with Crippen LogP contribution in [0.1, 0.15) is 10.4 Å². The zero-order valence-electron chi connectivity index (χ0n) is 13.8. The third-order valence-corrected chi connectivity index (χ3v) is 4.75. The van der Waals surface area contributed by atoms with Crippen LogP contribution in [0, 0.1) is 0 Å². The van der Waals surface area contributed by atoms with Crippen molar-refractivity contribution in [2.24, 2.45) is 0 Å². The van der Waals surface area contributed by atoms with E-state index in [9.17, 15) is 9.59 Å². The highest BCUT2D eigenvalue weighted by Gasteiger charge is 2.25. The van der Waals surface area contributed by atoms with Gasteiger partial charge >= 0.3 is 5.63 Å². The first kappa shape index (κ1) is 17.9. The first-order chi connectivity index (χ1) is 12.0. The van der Waals surface area contributed by atoms with Crippen molar-refractivity contribution < 1.29 is 19.1 Å². The van der Waals surface area contributed by atoms with Gasteiger partial charge in [0.1, 0.15) is 5.56 Å². The highest BCUT2D eigenvalue weighted by Crippen LogP contribution is 2.29. The van der Waals surface area contributed by atoms with Gasteiger partial charge in [0.25, 0.3) is 5.91 Å². The van der Waals surface area contributed by atoms with Crippen LogP contribution in [0.3, 0.4) is 0 Å². The van der Waals surface area contributed by atoms with E-state index >= 15 is 0 Å². The van der Waals surface area contributed by atoms with Gasteiger partial charge in [-0.1, -0.05) is 15.9 Å². The lowest BCUT2D eigenvalue weighted by atomic mass is 10.1. The van der Waals surface area contributed by atoms with Gasteiger partial charge in [0.15, 0.2) is 11.3 Å². The summed E-state index contributed by atoms with van der Waals surface area (Å²) in [6.45, 7) is 3.05. The van der Waals surface area contributed by atoms with Gasteiger partial charge < -0.3 is 19.2 Å². The molecule has 1 aromatic carbocycles. The summed E-state index contributed by atoms with van der Waals surface area (Å²) >= 11 is 3.38. The molecule has 0 spiro atoms. The molecule has 1 aliphatic heterocycles. The van der Waals surface area contributed by atoms with Crippen LogP contribution in [-0.2, 0) is 0 Å². The van der Waals surface area contributed by atoms with Gasteiger partial charge in [0.05, 0.1) is 13.7 Å². The molecule has 0 aliphatic carbocycles. The zero-order chi connectivity index (χ0) is 18.0. The average molecular weight is 411 g/mol. The molecule has 134 valence electrons. The summed E-state index contributed by atoms with van der Waals surface area (Å²) in [5.74, 6) is 0.0938. The molecular weight excluding hydrogens is 392 g/mol. The van der Waals surface area contributed by atoms with Crippen LogP contribution in [0.25, 0.3) is 11.0 Å². The van der Waals surface area contributed by atoms with Crippen molar-refractivity contribution in [3.63, 3.8) is 0 Å². The maximum absolute atomic E-state index is 12.7. The van der Waals surface area contributed by atoms with E-state index < -0.39 is 5.63 Å². The Morgan fingerprint density at radius 1 is 1.28 bits per heavy atom. The minimum absolute atomic E-state index is 0.0169. The number of hydrogen-bond acceptors (Lipinski definition) is 6. The van der Waals surface area contributed by atoms with Gasteiger partial charge in [-0.2, -0.15) is 0 Å². The minimum atomic E-state index is -0.670. The number of ether oxygens (including phenoxy) is 1. The van der Waals surface area contributed by atoms with E-state index in [0.29, 0.717) is 49.4 Å². The maximum atomic E-state index is 12.7. The molecule has 1 N–H and O–H groups in total. The predicted octanol–water partition coefficient (Wildman–Crippen LogP) is 1.31. The predicted molar refractivity (Wildman–Crippen MR) is 96.2 cm³/mol. The summed E-state index contributed by atoms with van der Waals surface area (Å²) in [5, 5.41) is 9.60. The van der Waals surface area contributed by atoms with E-state index in [4.69, 9.17) is 14.3 Å². The molecule has 1 amide bonds. The van der Waals surface area contributed by atoms with E-state index in [0.717, 1.165) is 4.47 Å². The second kappa shape index (κ2) is 7.55. The largest absolute Gasteiger partial charge is 0.493 e. The minimum Gasteiger partial charge on any atom is -0.493 e. The third kappa shape index (κ3) is 3.70. The second-order valence-electron chi connectivity index (χ2n) is 5.83. The Morgan fingerprint density at radius 2 is 2.00 bits per heavy atom. The zero-order valence-corrected chi connectivity index (χ0v) is 15.4. The third-order valence-electron chi connectivity index (χ3n) is 4.29. The van der Waals surface area contributed by atoms with Gasteiger partial charge in [-0.25, -0.2) is 4.79 Å². The lowest BCUT2D eigenvalue weighted by Gasteiger charge is -2.34. The summed E-state index contributed by atoms with van der Waals surface area (Å²) in [6.07, 6.45) is 0. The second-order valence-corrected chi connectivity index (χ2v) is 6.75. The van der Waals surface area contributed by atoms with Crippen molar-refractivity contribution in [3.8, 4) is 5.75 Å². The average Bonchev–Trinajstić information content (AvgIpc) is 2.61. The Labute approximate surface area is 152 Å². The van der Waals surface area contributed by atoms with E-state index in [2.05, 4.69) is 20.8 Å². The number of carbonyl (C=O) groups is 1. The van der Waals surface area contributed by atoms with Crippen molar-refractivity contribution in [1.29, 1.82) is 0 Å². The molecule has 8 heteroatoms. The molecule has 25 heavy (non-hydrogen) atoms. The highest BCUT2D eigenvalue weighted by molar-refractivity contribution is 9.10. The molecule has 0 bridgehead atoms. The van der Waals surface area contributed by atoms with Crippen molar-refractivity contribution in [1.82, 2.24) is 9.80 Å². The molecule has 0 radical (unpaired) electrons. The van der Waals surface area contributed by atoms with E-state index in [1.54, 1.807) is 23.1 Å². The number of β-amino-alcohol motifs (C(OH)–C–C–N with tert-alkyl or cyclic N) is 1.